The molecule has 0 radical (unpaired) electrons. The summed E-state index contributed by atoms with van der Waals surface area (Å²) in [6, 6.07) is 7.54. The molecule has 0 bridgehead atoms. The van der Waals surface area contributed by atoms with E-state index in [9.17, 15) is 9.18 Å². The number of hydrogen-bond donors (Lipinski definition) is 0. The molecule has 1 aromatic carbocycles. The van der Waals surface area contributed by atoms with Gasteiger partial charge in [0.25, 0.3) is 0 Å². The van der Waals surface area contributed by atoms with Crippen molar-refractivity contribution in [1.29, 1.82) is 5.26 Å². The van der Waals surface area contributed by atoms with E-state index in [2.05, 4.69) is 40.0 Å². The number of halogens is 2. The predicted octanol–water partition coefficient (Wildman–Crippen LogP) is 5.31. The molecule has 7 heteroatoms. The van der Waals surface area contributed by atoms with Gasteiger partial charge in [0, 0.05) is 41.8 Å². The van der Waals surface area contributed by atoms with Gasteiger partial charge in [-0.25, -0.2) is 4.39 Å². The number of likely N-dealkylation sites (tertiary alicyclic amines) is 1. The van der Waals surface area contributed by atoms with Gasteiger partial charge in [0.15, 0.2) is 5.78 Å². The van der Waals surface area contributed by atoms with Gasteiger partial charge < -0.3 is 4.90 Å². The number of nitrogens with zero attached hydrogens (tertiary/aromatic N) is 3. The van der Waals surface area contributed by atoms with Crippen LogP contribution in [0.2, 0.25) is 0 Å². The predicted molar refractivity (Wildman–Crippen MR) is 112 cm³/mol. The lowest BCUT2D eigenvalue weighted by Gasteiger charge is -2.34. The van der Waals surface area contributed by atoms with Crippen molar-refractivity contribution in [3.63, 3.8) is 0 Å². The molecule has 4 nitrogen and oxygen atoms in total. The Morgan fingerprint density at radius 3 is 2.65 bits per heavy atom. The number of fused-ring (bicyclic) bond motifs is 1. The summed E-state index contributed by atoms with van der Waals surface area (Å²) in [6.07, 6.45) is 1.72. The molecule has 0 unspecified atom stereocenters. The molecule has 0 amide bonds. The van der Waals surface area contributed by atoms with Gasteiger partial charge >= 0.3 is 0 Å². The molecule has 1 aromatic heterocycles. The van der Waals surface area contributed by atoms with Crippen LogP contribution in [0.3, 0.4) is 0 Å². The van der Waals surface area contributed by atoms with Crippen LogP contribution in [-0.2, 0) is 0 Å². The van der Waals surface area contributed by atoms with E-state index in [0.29, 0.717) is 17.1 Å². The first-order valence-corrected chi connectivity index (χ1v) is 12.1. The summed E-state index contributed by atoms with van der Waals surface area (Å²) in [5.41, 5.74) is 2.03. The van der Waals surface area contributed by atoms with E-state index >= 15 is 0 Å². The van der Waals surface area contributed by atoms with Crippen LogP contribution in [0.25, 0.3) is 10.9 Å². The average molecular weight is 485 g/mol. The number of nitriles is 1. The third-order valence-electron chi connectivity index (χ3n) is 5.17. The average Bonchev–Trinajstić information content (AvgIpc) is 2.98. The number of ketones is 1. The zero-order chi connectivity index (χ0) is 18.8. The molecule has 3 rings (SSSR count). The van der Waals surface area contributed by atoms with Gasteiger partial charge in [0.2, 0.25) is 0 Å². The molecule has 0 saturated carbocycles. The van der Waals surface area contributed by atoms with E-state index < -0.39 is 0 Å². The lowest BCUT2D eigenvalue weighted by atomic mass is 9.88. The molecule has 2 aromatic rings. The van der Waals surface area contributed by atoms with E-state index in [-0.39, 0.29) is 23.9 Å². The summed E-state index contributed by atoms with van der Waals surface area (Å²) in [5.74, 6) is -0.231. The minimum absolute atomic E-state index is 0.170. The standard InChI is InChI=1S/C19H21FIN3OS/c1-12(2)23-7-4-13(5-8-23)15-11-17-14(9-16(15)20)10-18(24(17)26-21)19(25)3-6-22/h9-13H,3-5,7-8H2,1-2H3. The maximum atomic E-state index is 14.8. The minimum Gasteiger partial charge on any atom is -0.301 e. The Hall–Kier alpha value is -1.11. The smallest absolute Gasteiger partial charge is 0.194 e. The third kappa shape index (κ3) is 3.78. The molecular weight excluding hydrogens is 464 g/mol. The van der Waals surface area contributed by atoms with Crippen molar-refractivity contribution in [2.45, 2.75) is 45.1 Å². The Kier molecular flexibility index (Phi) is 6.25. The van der Waals surface area contributed by atoms with Crippen molar-refractivity contribution in [2.24, 2.45) is 0 Å². The maximum absolute atomic E-state index is 14.8. The highest BCUT2D eigenvalue weighted by atomic mass is 127. The van der Waals surface area contributed by atoms with Crippen molar-refractivity contribution < 1.29 is 9.18 Å². The van der Waals surface area contributed by atoms with Crippen molar-refractivity contribution in [2.75, 3.05) is 13.1 Å². The Labute approximate surface area is 169 Å². The van der Waals surface area contributed by atoms with Crippen molar-refractivity contribution in [1.82, 2.24) is 8.87 Å². The highest BCUT2D eigenvalue weighted by Gasteiger charge is 2.26. The Morgan fingerprint density at radius 1 is 1.38 bits per heavy atom. The van der Waals surface area contributed by atoms with Gasteiger partial charge in [-0.05, 0) is 69.5 Å². The van der Waals surface area contributed by atoms with Crippen LogP contribution in [0.4, 0.5) is 4.39 Å². The zero-order valence-electron chi connectivity index (χ0n) is 14.8. The number of rotatable bonds is 5. The normalized spacial score (nSPS) is 16.3. The second-order valence-corrected chi connectivity index (χ2v) is 8.67. The lowest BCUT2D eigenvalue weighted by Crippen LogP contribution is -2.38. The van der Waals surface area contributed by atoms with Crippen LogP contribution < -0.4 is 0 Å². The van der Waals surface area contributed by atoms with Gasteiger partial charge in [-0.3, -0.25) is 8.77 Å². The first-order valence-electron chi connectivity index (χ1n) is 8.74. The summed E-state index contributed by atoms with van der Waals surface area (Å²) in [5, 5.41) is 9.51. The summed E-state index contributed by atoms with van der Waals surface area (Å²) < 4.78 is 16.6. The van der Waals surface area contributed by atoms with E-state index in [0.717, 1.165) is 37.0 Å². The maximum Gasteiger partial charge on any atom is 0.194 e. The van der Waals surface area contributed by atoms with Crippen LogP contribution in [0.1, 0.15) is 55.1 Å². The number of carbonyl (C=O) groups is 1. The molecule has 0 aliphatic carbocycles. The van der Waals surface area contributed by atoms with E-state index in [4.69, 9.17) is 5.26 Å². The number of benzene rings is 1. The van der Waals surface area contributed by atoms with Crippen LogP contribution in [0, 0.1) is 17.1 Å². The van der Waals surface area contributed by atoms with Gasteiger partial charge in [-0.2, -0.15) is 5.26 Å². The third-order valence-corrected chi connectivity index (χ3v) is 6.88. The fourth-order valence-electron chi connectivity index (χ4n) is 3.69. The van der Waals surface area contributed by atoms with Gasteiger partial charge in [-0.1, -0.05) is 0 Å². The molecule has 2 heterocycles. The fourth-order valence-corrected chi connectivity index (χ4v) is 5.43. The zero-order valence-corrected chi connectivity index (χ0v) is 17.8. The topological polar surface area (TPSA) is 49.0 Å². The number of piperidine rings is 1. The summed E-state index contributed by atoms with van der Waals surface area (Å²) >= 11 is 2.11. The molecule has 138 valence electrons. The minimum atomic E-state index is -0.236. The number of carbonyl (C=O) groups excluding carboxylic acids is 1. The second-order valence-electron chi connectivity index (χ2n) is 6.99. The molecular formula is C19H21FIN3OS. The molecule has 26 heavy (non-hydrogen) atoms. The van der Waals surface area contributed by atoms with Crippen molar-refractivity contribution in [3.8, 4) is 6.07 Å². The first-order chi connectivity index (χ1) is 12.5. The van der Waals surface area contributed by atoms with Gasteiger partial charge in [0.1, 0.15) is 12.2 Å². The molecule has 0 atom stereocenters. The summed E-state index contributed by atoms with van der Waals surface area (Å²) in [4.78, 5) is 14.6. The van der Waals surface area contributed by atoms with Gasteiger partial charge in [0.05, 0.1) is 17.3 Å². The fraction of sp³-hybridized carbons (Fsp3) is 0.474. The molecule has 1 aliphatic heterocycles. The van der Waals surface area contributed by atoms with Crippen LogP contribution in [0.15, 0.2) is 18.2 Å². The van der Waals surface area contributed by atoms with E-state index in [1.54, 1.807) is 6.07 Å². The Balaban J connectivity index is 1.97. The molecule has 1 aliphatic rings. The second kappa shape index (κ2) is 8.28. The molecule has 1 saturated heterocycles. The number of Topliss-reactive ketones (excluding diaryl/α,β-unsaturated/α-hetero) is 1. The molecule has 1 fully saturated rings. The highest BCUT2D eigenvalue weighted by molar-refractivity contribution is 14.2. The molecule has 0 N–H and O–H groups in total. The van der Waals surface area contributed by atoms with Gasteiger partial charge in [-0.15, -0.1) is 0 Å². The monoisotopic (exact) mass is 485 g/mol. The quantitative estimate of drug-likeness (QED) is 0.426. The summed E-state index contributed by atoms with van der Waals surface area (Å²) in [6.45, 7) is 6.34. The Bertz CT molecular complexity index is 866. The van der Waals surface area contributed by atoms with Crippen LogP contribution in [0.5, 0.6) is 0 Å². The van der Waals surface area contributed by atoms with E-state index in [1.807, 2.05) is 16.1 Å². The molecule has 0 spiro atoms. The first kappa shape index (κ1) is 19.6. The van der Waals surface area contributed by atoms with Crippen LogP contribution in [-0.4, -0.2) is 33.8 Å². The largest absolute Gasteiger partial charge is 0.301 e. The number of hydrogen-bond acceptors (Lipinski definition) is 4. The van der Waals surface area contributed by atoms with Crippen LogP contribution >= 0.6 is 30.3 Å². The van der Waals surface area contributed by atoms with E-state index in [1.165, 1.54) is 15.2 Å². The van der Waals surface area contributed by atoms with Crippen molar-refractivity contribution in [3.05, 3.63) is 35.3 Å². The van der Waals surface area contributed by atoms with Crippen molar-refractivity contribution >= 4 is 47.0 Å². The summed E-state index contributed by atoms with van der Waals surface area (Å²) in [7, 11) is 1.38. The lowest BCUT2D eigenvalue weighted by molar-refractivity contribution is 0.0993. The number of aromatic nitrogens is 1. The highest BCUT2D eigenvalue weighted by Crippen LogP contribution is 2.36. The SMILES string of the molecule is CC(C)N1CCC(c2cc3c(cc2F)cc(C(=O)CC#N)n3SI)CC1. The Morgan fingerprint density at radius 2 is 2.08 bits per heavy atom.